The van der Waals surface area contributed by atoms with Crippen LogP contribution in [0.5, 0.6) is 5.75 Å². The third kappa shape index (κ3) is 3.91. The Morgan fingerprint density at radius 3 is 2.72 bits per heavy atom. The Balaban J connectivity index is 1.20. The molecule has 3 saturated heterocycles. The second-order valence-electron chi connectivity index (χ2n) is 9.70. The smallest absolute Gasteiger partial charge is 0.306 e. The van der Waals surface area contributed by atoms with Gasteiger partial charge in [0.15, 0.2) is 6.29 Å². The summed E-state index contributed by atoms with van der Waals surface area (Å²) in [4.78, 5) is 11.1. The lowest BCUT2D eigenvalue weighted by molar-refractivity contribution is -0.192. The normalized spacial score (nSPS) is 38.6. The van der Waals surface area contributed by atoms with Crippen LogP contribution in [0.25, 0.3) is 0 Å². The van der Waals surface area contributed by atoms with Crippen molar-refractivity contribution in [3.8, 4) is 5.75 Å². The predicted molar refractivity (Wildman–Crippen MR) is 108 cm³/mol. The Morgan fingerprint density at radius 2 is 2.07 bits per heavy atom. The Hall–Kier alpha value is -1.59. The van der Waals surface area contributed by atoms with Gasteiger partial charge in [-0.05, 0) is 86.8 Å². The highest BCUT2D eigenvalue weighted by Crippen LogP contribution is 2.57. The van der Waals surface area contributed by atoms with Gasteiger partial charge < -0.3 is 19.3 Å². The molecule has 0 aromatic heterocycles. The van der Waals surface area contributed by atoms with Gasteiger partial charge in [-0.25, -0.2) is 0 Å². The monoisotopic (exact) mass is 400 g/mol. The first-order valence-electron chi connectivity index (χ1n) is 11.3. The van der Waals surface area contributed by atoms with E-state index in [-0.39, 0.29) is 23.2 Å². The zero-order chi connectivity index (χ0) is 19.9. The molecule has 5 nitrogen and oxygen atoms in total. The Kier molecular flexibility index (Phi) is 5.07. The van der Waals surface area contributed by atoms with E-state index in [1.54, 1.807) is 0 Å². The van der Waals surface area contributed by atoms with E-state index in [0.717, 1.165) is 70.3 Å². The number of ether oxygens (including phenoxy) is 3. The topological polar surface area (TPSA) is 65.0 Å². The predicted octanol–water partition coefficient (Wildman–Crippen LogP) is 4.88. The molecule has 3 atom stereocenters. The lowest BCUT2D eigenvalue weighted by Crippen LogP contribution is -2.49. The van der Waals surface area contributed by atoms with Crippen LogP contribution in [0.4, 0.5) is 0 Å². The quantitative estimate of drug-likeness (QED) is 0.707. The molecular formula is C24H32O5. The van der Waals surface area contributed by atoms with Crippen LogP contribution in [0.1, 0.15) is 69.8 Å². The van der Waals surface area contributed by atoms with Crippen LogP contribution in [-0.2, 0) is 19.9 Å². The van der Waals surface area contributed by atoms with Crippen molar-refractivity contribution in [2.24, 2.45) is 17.3 Å². The van der Waals surface area contributed by atoms with Crippen LogP contribution in [0.2, 0.25) is 0 Å². The van der Waals surface area contributed by atoms with Crippen LogP contribution in [0.15, 0.2) is 24.3 Å². The minimum atomic E-state index is -0.615. The molecule has 2 bridgehead atoms. The zero-order valence-corrected chi connectivity index (χ0v) is 17.1. The average molecular weight is 401 g/mol. The summed E-state index contributed by atoms with van der Waals surface area (Å²) in [6, 6.07) is 8.41. The summed E-state index contributed by atoms with van der Waals surface area (Å²) in [7, 11) is 0. The highest BCUT2D eigenvalue weighted by Gasteiger charge is 2.52. The van der Waals surface area contributed by atoms with Crippen molar-refractivity contribution < 1.29 is 24.1 Å². The molecule has 3 unspecified atom stereocenters. The van der Waals surface area contributed by atoms with E-state index in [2.05, 4.69) is 18.2 Å². The maximum atomic E-state index is 11.1. The molecule has 3 aliphatic heterocycles. The standard InChI is InChI=1S/C24H32O5/c25-22(26)20-14-17(20)7-8-23-9-11-24(12-10-23,28-16-23)18-4-3-5-19(15-18)29-21-6-1-2-13-27-21/h3-5,15,17,20-21H,1-2,6-14,16H2,(H,25,26). The minimum Gasteiger partial charge on any atom is -0.481 e. The van der Waals surface area contributed by atoms with Crippen molar-refractivity contribution >= 4 is 5.97 Å². The number of fused-ring (bicyclic) bond motifs is 3. The number of benzene rings is 1. The summed E-state index contributed by atoms with van der Waals surface area (Å²) >= 11 is 0. The number of carboxylic acids is 1. The Labute approximate surface area is 172 Å². The lowest BCUT2D eigenvalue weighted by atomic mass is 9.62. The fraction of sp³-hybridized carbons (Fsp3) is 0.708. The van der Waals surface area contributed by atoms with Crippen LogP contribution in [0, 0.1) is 17.3 Å². The molecule has 29 heavy (non-hydrogen) atoms. The highest BCUT2D eigenvalue weighted by atomic mass is 16.7. The molecule has 5 heteroatoms. The van der Waals surface area contributed by atoms with Gasteiger partial charge in [0.05, 0.1) is 24.7 Å². The molecular weight excluding hydrogens is 368 g/mol. The second kappa shape index (κ2) is 7.59. The van der Waals surface area contributed by atoms with Gasteiger partial charge in [0, 0.05) is 6.42 Å². The van der Waals surface area contributed by atoms with Crippen LogP contribution in [0.3, 0.4) is 0 Å². The highest BCUT2D eigenvalue weighted by molar-refractivity contribution is 5.73. The van der Waals surface area contributed by atoms with E-state index >= 15 is 0 Å². The third-order valence-electron chi connectivity index (χ3n) is 7.82. The SMILES string of the molecule is O=C(O)C1CC1CCC12CCC(c3cccc(OC4CCCCO4)c3)(CC1)OC2. The van der Waals surface area contributed by atoms with Crippen molar-refractivity contribution in [1.29, 1.82) is 0 Å². The minimum absolute atomic E-state index is 0.0885. The third-order valence-corrected chi connectivity index (χ3v) is 7.82. The first-order valence-corrected chi connectivity index (χ1v) is 11.3. The van der Waals surface area contributed by atoms with E-state index in [9.17, 15) is 4.79 Å². The van der Waals surface area contributed by atoms with Gasteiger partial charge in [-0.2, -0.15) is 0 Å². The van der Waals surface area contributed by atoms with Crippen molar-refractivity contribution in [1.82, 2.24) is 0 Å². The maximum Gasteiger partial charge on any atom is 0.306 e. The molecule has 0 amide bonds. The van der Waals surface area contributed by atoms with E-state index in [4.69, 9.17) is 19.3 Å². The number of carboxylic acid groups (broad SMARTS) is 1. The van der Waals surface area contributed by atoms with Crippen molar-refractivity contribution in [3.05, 3.63) is 29.8 Å². The maximum absolute atomic E-state index is 11.1. The summed E-state index contributed by atoms with van der Waals surface area (Å²) in [6.45, 7) is 1.59. The van der Waals surface area contributed by atoms with Gasteiger partial charge >= 0.3 is 5.97 Å². The molecule has 1 N–H and O–H groups in total. The van der Waals surface area contributed by atoms with Gasteiger partial charge in [-0.3, -0.25) is 4.79 Å². The molecule has 5 aliphatic rings. The van der Waals surface area contributed by atoms with Crippen LogP contribution in [-0.4, -0.2) is 30.6 Å². The zero-order valence-electron chi connectivity index (χ0n) is 17.1. The van der Waals surface area contributed by atoms with E-state index in [0.29, 0.717) is 5.92 Å². The Morgan fingerprint density at radius 1 is 1.21 bits per heavy atom. The van der Waals surface area contributed by atoms with Gasteiger partial charge in [0.25, 0.3) is 0 Å². The summed E-state index contributed by atoms with van der Waals surface area (Å²) in [5.74, 6) is 0.569. The molecule has 2 aliphatic carbocycles. The number of hydrogen-bond donors (Lipinski definition) is 1. The van der Waals surface area contributed by atoms with Gasteiger partial charge in [0.2, 0.25) is 0 Å². The molecule has 1 aromatic carbocycles. The first-order chi connectivity index (χ1) is 14.1. The fourth-order valence-corrected chi connectivity index (χ4v) is 5.63. The largest absolute Gasteiger partial charge is 0.481 e. The molecule has 2 saturated carbocycles. The summed E-state index contributed by atoms with van der Waals surface area (Å²) < 4.78 is 18.3. The molecule has 0 radical (unpaired) electrons. The van der Waals surface area contributed by atoms with Crippen molar-refractivity contribution in [2.45, 2.75) is 76.1 Å². The summed E-state index contributed by atoms with van der Waals surface area (Å²) in [5.41, 5.74) is 1.31. The van der Waals surface area contributed by atoms with E-state index in [1.165, 1.54) is 18.4 Å². The fourth-order valence-electron chi connectivity index (χ4n) is 5.63. The summed E-state index contributed by atoms with van der Waals surface area (Å²) in [6.07, 6.45) is 10.6. The van der Waals surface area contributed by atoms with Crippen molar-refractivity contribution in [3.63, 3.8) is 0 Å². The van der Waals surface area contributed by atoms with Crippen LogP contribution < -0.4 is 4.74 Å². The molecule has 6 rings (SSSR count). The average Bonchev–Trinajstić information content (AvgIpc) is 3.55. The number of hydrogen-bond acceptors (Lipinski definition) is 4. The Bertz CT molecular complexity index is 729. The molecule has 158 valence electrons. The number of carbonyl (C=O) groups is 1. The molecule has 3 heterocycles. The van der Waals surface area contributed by atoms with Crippen molar-refractivity contribution in [2.75, 3.05) is 13.2 Å². The summed E-state index contributed by atoms with van der Waals surface area (Å²) in [5, 5.41) is 9.13. The number of aliphatic carboxylic acids is 1. The molecule has 5 fully saturated rings. The van der Waals surface area contributed by atoms with E-state index in [1.807, 2.05) is 6.07 Å². The van der Waals surface area contributed by atoms with Gasteiger partial charge in [0.1, 0.15) is 5.75 Å². The van der Waals surface area contributed by atoms with E-state index < -0.39 is 5.97 Å². The number of rotatable bonds is 7. The molecule has 1 aromatic rings. The lowest BCUT2D eigenvalue weighted by Gasteiger charge is -2.53. The first kappa shape index (κ1) is 19.4. The van der Waals surface area contributed by atoms with Gasteiger partial charge in [-0.15, -0.1) is 0 Å². The second-order valence-corrected chi connectivity index (χ2v) is 9.70. The van der Waals surface area contributed by atoms with Gasteiger partial charge in [-0.1, -0.05) is 12.1 Å². The van der Waals surface area contributed by atoms with Crippen LogP contribution >= 0.6 is 0 Å². The molecule has 0 spiro atoms.